The molecule has 2 atom stereocenters. The fraction of sp³-hybridized carbons (Fsp3) is 0.538. The van der Waals surface area contributed by atoms with Gasteiger partial charge in [-0.3, -0.25) is 0 Å². The van der Waals surface area contributed by atoms with Crippen LogP contribution in [0.15, 0.2) is 24.3 Å². The molecular formula is C13H16F3NO. The topological polar surface area (TPSA) is 23.5 Å². The molecule has 1 saturated heterocycles. The van der Waals surface area contributed by atoms with Gasteiger partial charge < -0.3 is 10.0 Å². The molecule has 5 heteroatoms. The van der Waals surface area contributed by atoms with Gasteiger partial charge in [-0.05, 0) is 31.5 Å². The van der Waals surface area contributed by atoms with Crippen molar-refractivity contribution in [2.75, 3.05) is 18.1 Å². The van der Waals surface area contributed by atoms with Crippen LogP contribution in [0.3, 0.4) is 0 Å². The summed E-state index contributed by atoms with van der Waals surface area (Å²) in [5.41, 5.74) is -0.0482. The van der Waals surface area contributed by atoms with Gasteiger partial charge in [0.25, 0.3) is 0 Å². The zero-order chi connectivity index (χ0) is 13.3. The Morgan fingerprint density at radius 2 is 2.11 bits per heavy atom. The number of rotatable bonds is 2. The van der Waals surface area contributed by atoms with E-state index in [4.69, 9.17) is 0 Å². The number of alkyl halides is 3. The lowest BCUT2D eigenvalue weighted by molar-refractivity contribution is -0.137. The fourth-order valence-corrected chi connectivity index (χ4v) is 2.47. The van der Waals surface area contributed by atoms with Gasteiger partial charge in [-0.1, -0.05) is 6.07 Å². The molecule has 18 heavy (non-hydrogen) atoms. The molecule has 2 unspecified atom stereocenters. The summed E-state index contributed by atoms with van der Waals surface area (Å²) < 4.78 is 37.9. The molecule has 0 radical (unpaired) electrons. The second-order valence-electron chi connectivity index (χ2n) is 4.71. The Morgan fingerprint density at radius 1 is 1.39 bits per heavy atom. The van der Waals surface area contributed by atoms with Crippen LogP contribution in [0.25, 0.3) is 0 Å². The third kappa shape index (κ3) is 2.46. The van der Waals surface area contributed by atoms with E-state index in [1.807, 2.05) is 11.8 Å². The average Bonchev–Trinajstić information content (AvgIpc) is 2.69. The molecule has 0 amide bonds. The Labute approximate surface area is 104 Å². The lowest BCUT2D eigenvalue weighted by atomic mass is 10.0. The predicted molar refractivity (Wildman–Crippen MR) is 63.4 cm³/mol. The second-order valence-corrected chi connectivity index (χ2v) is 4.71. The van der Waals surface area contributed by atoms with Gasteiger partial charge in [0.1, 0.15) is 0 Å². The molecule has 0 aliphatic carbocycles. The van der Waals surface area contributed by atoms with Crippen LogP contribution in [-0.4, -0.2) is 24.3 Å². The normalized spacial score (nSPS) is 24.6. The van der Waals surface area contributed by atoms with E-state index in [9.17, 15) is 18.3 Å². The van der Waals surface area contributed by atoms with Crippen molar-refractivity contribution >= 4 is 5.69 Å². The summed E-state index contributed by atoms with van der Waals surface area (Å²) in [6.07, 6.45) is -3.50. The zero-order valence-corrected chi connectivity index (χ0v) is 10.1. The number of anilines is 1. The molecule has 0 spiro atoms. The number of halogens is 3. The standard InChI is InChI=1S/C13H16F3NO/c1-9-10(8-18)5-6-17(9)12-4-2-3-11(7-12)13(14,15)16/h2-4,7,9-10,18H,5-6,8H2,1H3. The van der Waals surface area contributed by atoms with Gasteiger partial charge in [0.05, 0.1) is 5.56 Å². The molecule has 1 aromatic carbocycles. The molecule has 100 valence electrons. The summed E-state index contributed by atoms with van der Waals surface area (Å²) >= 11 is 0. The molecule has 1 aromatic rings. The highest BCUT2D eigenvalue weighted by atomic mass is 19.4. The molecule has 0 bridgehead atoms. The summed E-state index contributed by atoms with van der Waals surface area (Å²) in [6, 6.07) is 5.44. The number of aliphatic hydroxyl groups excluding tert-OH is 1. The number of aliphatic hydroxyl groups is 1. The van der Waals surface area contributed by atoms with Crippen molar-refractivity contribution in [3.63, 3.8) is 0 Å². The smallest absolute Gasteiger partial charge is 0.396 e. The summed E-state index contributed by atoms with van der Waals surface area (Å²) in [4.78, 5) is 1.93. The van der Waals surface area contributed by atoms with Crippen molar-refractivity contribution < 1.29 is 18.3 Å². The van der Waals surface area contributed by atoms with Crippen molar-refractivity contribution in [1.82, 2.24) is 0 Å². The van der Waals surface area contributed by atoms with Gasteiger partial charge >= 0.3 is 6.18 Å². The molecule has 1 N–H and O–H groups in total. The van der Waals surface area contributed by atoms with E-state index in [0.717, 1.165) is 12.5 Å². The minimum absolute atomic E-state index is 0.0680. The fourth-order valence-electron chi connectivity index (χ4n) is 2.47. The molecule has 0 saturated carbocycles. The van der Waals surface area contributed by atoms with Crippen molar-refractivity contribution in [2.45, 2.75) is 25.6 Å². The maximum absolute atomic E-state index is 12.6. The lowest BCUT2D eigenvalue weighted by Gasteiger charge is -2.26. The van der Waals surface area contributed by atoms with E-state index in [1.165, 1.54) is 12.1 Å². The molecule has 1 heterocycles. The van der Waals surface area contributed by atoms with Crippen LogP contribution in [0.2, 0.25) is 0 Å². The van der Waals surface area contributed by atoms with Crippen LogP contribution < -0.4 is 4.90 Å². The first-order valence-electron chi connectivity index (χ1n) is 5.98. The monoisotopic (exact) mass is 259 g/mol. The Bertz CT molecular complexity index is 419. The third-order valence-electron chi connectivity index (χ3n) is 3.65. The second kappa shape index (κ2) is 4.80. The van der Waals surface area contributed by atoms with E-state index in [1.54, 1.807) is 6.07 Å². The Morgan fingerprint density at radius 3 is 2.67 bits per heavy atom. The van der Waals surface area contributed by atoms with E-state index < -0.39 is 11.7 Å². The molecule has 1 aliphatic rings. The van der Waals surface area contributed by atoms with Crippen LogP contribution in [0.5, 0.6) is 0 Å². The van der Waals surface area contributed by atoms with Gasteiger partial charge in [0.15, 0.2) is 0 Å². The van der Waals surface area contributed by atoms with Crippen molar-refractivity contribution in [2.24, 2.45) is 5.92 Å². The van der Waals surface area contributed by atoms with E-state index in [0.29, 0.717) is 12.2 Å². The third-order valence-corrected chi connectivity index (χ3v) is 3.65. The largest absolute Gasteiger partial charge is 0.416 e. The zero-order valence-electron chi connectivity index (χ0n) is 10.1. The maximum Gasteiger partial charge on any atom is 0.416 e. The van der Waals surface area contributed by atoms with Crippen LogP contribution in [0, 0.1) is 5.92 Å². The van der Waals surface area contributed by atoms with Crippen molar-refractivity contribution in [3.8, 4) is 0 Å². The van der Waals surface area contributed by atoms with Crippen molar-refractivity contribution in [3.05, 3.63) is 29.8 Å². The summed E-state index contributed by atoms with van der Waals surface area (Å²) in [6.45, 7) is 2.71. The first-order valence-corrected chi connectivity index (χ1v) is 5.98. The highest BCUT2D eigenvalue weighted by Crippen LogP contribution is 2.34. The molecule has 1 aliphatic heterocycles. The number of benzene rings is 1. The van der Waals surface area contributed by atoms with Gasteiger partial charge in [-0.15, -0.1) is 0 Å². The molecule has 1 fully saturated rings. The quantitative estimate of drug-likeness (QED) is 0.882. The molecule has 2 nitrogen and oxygen atoms in total. The van der Waals surface area contributed by atoms with Gasteiger partial charge in [-0.25, -0.2) is 0 Å². The maximum atomic E-state index is 12.6. The van der Waals surface area contributed by atoms with Crippen LogP contribution >= 0.6 is 0 Å². The molecular weight excluding hydrogens is 243 g/mol. The van der Waals surface area contributed by atoms with Gasteiger partial charge in [0, 0.05) is 30.8 Å². The van der Waals surface area contributed by atoms with Crippen molar-refractivity contribution in [1.29, 1.82) is 0 Å². The SMILES string of the molecule is CC1C(CO)CCN1c1cccc(C(F)(F)F)c1. The lowest BCUT2D eigenvalue weighted by Crippen LogP contribution is -2.31. The van der Waals surface area contributed by atoms with E-state index >= 15 is 0 Å². The van der Waals surface area contributed by atoms with Crippen LogP contribution in [0.4, 0.5) is 18.9 Å². The predicted octanol–water partition coefficient (Wildman–Crippen LogP) is 2.91. The first kappa shape index (κ1) is 13.2. The van der Waals surface area contributed by atoms with E-state index in [2.05, 4.69) is 0 Å². The number of hydrogen-bond donors (Lipinski definition) is 1. The number of nitrogens with zero attached hydrogens (tertiary/aromatic N) is 1. The highest BCUT2D eigenvalue weighted by Gasteiger charge is 2.33. The highest BCUT2D eigenvalue weighted by molar-refractivity contribution is 5.51. The first-order chi connectivity index (χ1) is 8.43. The van der Waals surface area contributed by atoms with Crippen LogP contribution in [0.1, 0.15) is 18.9 Å². The van der Waals surface area contributed by atoms with E-state index in [-0.39, 0.29) is 18.6 Å². The Hall–Kier alpha value is -1.23. The Balaban J connectivity index is 2.25. The summed E-state index contributed by atoms with van der Waals surface area (Å²) in [7, 11) is 0. The Kier molecular flexibility index (Phi) is 3.52. The minimum Gasteiger partial charge on any atom is -0.396 e. The van der Waals surface area contributed by atoms with Gasteiger partial charge in [0.2, 0.25) is 0 Å². The van der Waals surface area contributed by atoms with Gasteiger partial charge in [-0.2, -0.15) is 13.2 Å². The minimum atomic E-state index is -4.31. The summed E-state index contributed by atoms with van der Waals surface area (Å²) in [5.74, 6) is 0.138. The molecule has 0 aromatic heterocycles. The number of hydrogen-bond acceptors (Lipinski definition) is 2. The summed E-state index contributed by atoms with van der Waals surface area (Å²) in [5, 5.41) is 9.18. The molecule has 2 rings (SSSR count). The van der Waals surface area contributed by atoms with Crippen LogP contribution in [-0.2, 0) is 6.18 Å². The average molecular weight is 259 g/mol.